The average molecular weight is 1140 g/mol. The topological polar surface area (TPSA) is 223 Å². The molecule has 4 N–H and O–H groups in total. The number of hydrogen-bond donors (Lipinski definition) is 4. The highest BCUT2D eigenvalue weighted by Gasteiger charge is 2.41. The maximum Gasteiger partial charge on any atom is 0.435 e. The van der Waals surface area contributed by atoms with Crippen LogP contribution in [0.2, 0.25) is 0 Å². The molecule has 0 radical (unpaired) electrons. The van der Waals surface area contributed by atoms with Crippen molar-refractivity contribution >= 4 is 45.5 Å². The Morgan fingerprint density at radius 2 is 0.907 bits per heavy atom. The molecule has 18 nitrogen and oxygen atoms in total. The summed E-state index contributed by atoms with van der Waals surface area (Å²) in [4.78, 5) is 68.6. The van der Waals surface area contributed by atoms with Crippen molar-refractivity contribution < 1.29 is 90.9 Å². The predicted molar refractivity (Wildman–Crippen MR) is 237 cm³/mol. The van der Waals surface area contributed by atoms with Crippen molar-refractivity contribution in [3.63, 3.8) is 0 Å². The molecule has 0 spiro atoms. The molecular weight excluding hydrogens is 1100 g/mol. The molecule has 0 atom stereocenters. The second-order valence-corrected chi connectivity index (χ2v) is 15.6. The molecule has 0 aliphatic heterocycles. The summed E-state index contributed by atoms with van der Waals surface area (Å²) in [5.41, 5.74) is -4.41. The van der Waals surface area contributed by atoms with E-state index in [0.717, 1.165) is 47.3 Å². The molecule has 2 aromatic carbocycles. The van der Waals surface area contributed by atoms with Crippen molar-refractivity contribution in [2.24, 2.45) is 0 Å². The van der Waals surface area contributed by atoms with Crippen LogP contribution in [0, 0.1) is 0 Å². The van der Waals surface area contributed by atoms with Gasteiger partial charge in [-0.15, -0.1) is 0 Å². The van der Waals surface area contributed by atoms with E-state index in [1.54, 1.807) is 36.4 Å². The minimum absolute atomic E-state index is 0.00260. The lowest BCUT2D eigenvalue weighted by atomic mass is 10.2. The predicted octanol–water partition coefficient (Wildman–Crippen LogP) is 7.32. The first kappa shape index (κ1) is 57.6. The quantitative estimate of drug-likeness (QED) is 0.0401. The second kappa shape index (κ2) is 24.6. The van der Waals surface area contributed by atoms with Gasteiger partial charge in [-0.3, -0.25) is 19.2 Å². The number of rotatable bonds is 17. The van der Waals surface area contributed by atoms with Crippen LogP contribution in [-0.2, 0) is 17.1 Å². The van der Waals surface area contributed by atoms with Crippen LogP contribution in [0.5, 0.6) is 11.8 Å². The minimum atomic E-state index is -4.92. The average Bonchev–Trinajstić information content (AvgIpc) is 4.03. The molecule has 4 heterocycles. The molecule has 400 valence electrons. The van der Waals surface area contributed by atoms with E-state index in [-0.39, 0.29) is 47.7 Å². The van der Waals surface area contributed by atoms with Gasteiger partial charge in [0.15, 0.2) is 24.6 Å². The molecule has 0 saturated heterocycles. The van der Waals surface area contributed by atoms with Gasteiger partial charge in [-0.2, -0.15) is 62.9 Å². The summed E-state index contributed by atoms with van der Waals surface area (Å²) in [6.45, 7) is -4.26. The number of carbonyl (C=O) groups is 5. The summed E-state index contributed by atoms with van der Waals surface area (Å²) in [6.07, 6.45) is -15.4. The van der Waals surface area contributed by atoms with Gasteiger partial charge < -0.3 is 35.5 Å². The normalized spacial score (nSPS) is 11.7. The number of carbonyl (C=O) groups excluding carboxylic acids is 5. The number of para-hydroxylation sites is 2. The lowest BCUT2D eigenvalue weighted by Gasteiger charge is -2.12. The highest BCUT2D eigenvalue weighted by atomic mass is 79.9. The zero-order chi connectivity index (χ0) is 55.3. The lowest BCUT2D eigenvalue weighted by Crippen LogP contribution is -2.35. The second-order valence-electron chi connectivity index (χ2n) is 14.7. The van der Waals surface area contributed by atoms with Gasteiger partial charge in [0.05, 0.1) is 45.2 Å². The van der Waals surface area contributed by atoms with Crippen LogP contribution in [0.1, 0.15) is 63.2 Å². The molecule has 0 aliphatic carbocycles. The Morgan fingerprint density at radius 1 is 0.533 bits per heavy atom. The molecule has 4 aromatic heterocycles. The number of pyridine rings is 2. The Hall–Kier alpha value is -8.25. The zero-order valence-electron chi connectivity index (χ0n) is 37.8. The standard InChI is InChI=1S/C23H19F6N5O5.C21H16BrF6N5O3/c1-38-21(37)15-9-13(10-32-20(15)39-12-22(24,25)26)18(35)30-7-8-31-19(36)16-11-34(14-5-3-2-4-6-14)33-17(16)23(27,28)29;22-15-8-12(9-31-19(15)36-11-20(23,24)25)17(34)29-6-7-30-18(35)14-10-33(13-4-2-1-3-5-13)32-16(14)21(26,27)28/h2-6,9-11H,7-8,12H2,1H3,(H,30,35)(H,31,36);1-5,8-10H,6-7,11H2,(H,29,34)(H,30,35). The molecule has 0 aliphatic rings. The Bertz CT molecular complexity index is 2970. The summed E-state index contributed by atoms with van der Waals surface area (Å²) in [7, 11) is 0.957. The van der Waals surface area contributed by atoms with Gasteiger partial charge in [-0.05, 0) is 52.3 Å². The van der Waals surface area contributed by atoms with Crippen molar-refractivity contribution in [2.45, 2.75) is 24.7 Å². The van der Waals surface area contributed by atoms with Crippen LogP contribution < -0.4 is 30.7 Å². The lowest BCUT2D eigenvalue weighted by molar-refractivity contribution is -0.154. The van der Waals surface area contributed by atoms with Gasteiger partial charge in [0.2, 0.25) is 11.8 Å². The van der Waals surface area contributed by atoms with E-state index >= 15 is 0 Å². The van der Waals surface area contributed by atoms with Crippen molar-refractivity contribution in [3.8, 4) is 23.1 Å². The Balaban J connectivity index is 0.000000278. The Morgan fingerprint density at radius 3 is 1.28 bits per heavy atom. The molecule has 4 amide bonds. The maximum absolute atomic E-state index is 13.5. The van der Waals surface area contributed by atoms with E-state index in [1.807, 2.05) is 0 Å². The molecule has 75 heavy (non-hydrogen) atoms. The first-order chi connectivity index (χ1) is 35.1. The fourth-order valence-corrected chi connectivity index (χ4v) is 6.39. The Kier molecular flexibility index (Phi) is 18.9. The Labute approximate surface area is 421 Å². The van der Waals surface area contributed by atoms with Crippen molar-refractivity contribution in [1.82, 2.24) is 50.8 Å². The third-order valence-electron chi connectivity index (χ3n) is 9.22. The number of benzene rings is 2. The molecule has 31 heteroatoms. The van der Waals surface area contributed by atoms with E-state index in [9.17, 15) is 76.7 Å². The molecule has 6 aromatic rings. The number of nitrogens with zero attached hydrogens (tertiary/aromatic N) is 6. The molecular formula is C44H35BrF12N10O8. The molecule has 0 bridgehead atoms. The van der Waals surface area contributed by atoms with E-state index in [2.05, 4.69) is 71.6 Å². The first-order valence-electron chi connectivity index (χ1n) is 20.9. The minimum Gasteiger partial charge on any atom is -0.467 e. The highest BCUT2D eigenvalue weighted by molar-refractivity contribution is 9.10. The summed E-state index contributed by atoms with van der Waals surface area (Å²) in [5, 5.41) is 16.2. The van der Waals surface area contributed by atoms with Crippen LogP contribution in [0.15, 0.2) is 102 Å². The van der Waals surface area contributed by atoms with Gasteiger partial charge >= 0.3 is 30.7 Å². The zero-order valence-corrected chi connectivity index (χ0v) is 39.4. The van der Waals surface area contributed by atoms with Crippen LogP contribution in [0.25, 0.3) is 11.4 Å². The van der Waals surface area contributed by atoms with E-state index in [0.29, 0.717) is 11.4 Å². The number of aromatic nitrogens is 6. The van der Waals surface area contributed by atoms with E-state index in [1.165, 1.54) is 30.3 Å². The summed E-state index contributed by atoms with van der Waals surface area (Å²) >= 11 is 2.96. The number of nitrogens with one attached hydrogen (secondary N) is 4. The third-order valence-corrected chi connectivity index (χ3v) is 9.79. The summed E-state index contributed by atoms with van der Waals surface area (Å²) in [6, 6.07) is 17.8. The monoisotopic (exact) mass is 1140 g/mol. The van der Waals surface area contributed by atoms with Crippen molar-refractivity contribution in [3.05, 3.63) is 141 Å². The van der Waals surface area contributed by atoms with E-state index in [4.69, 9.17) is 0 Å². The number of halogens is 13. The van der Waals surface area contributed by atoms with Gasteiger partial charge in [0.1, 0.15) is 5.56 Å². The van der Waals surface area contributed by atoms with Crippen LogP contribution >= 0.6 is 15.9 Å². The number of hydrogen-bond acceptors (Lipinski definition) is 12. The molecule has 0 fully saturated rings. The first-order valence-corrected chi connectivity index (χ1v) is 21.6. The highest BCUT2D eigenvalue weighted by Crippen LogP contribution is 2.33. The maximum atomic E-state index is 13.5. The molecule has 0 saturated carbocycles. The number of esters is 1. The number of ether oxygens (including phenoxy) is 3. The van der Waals surface area contributed by atoms with Crippen LogP contribution in [0.4, 0.5) is 52.7 Å². The SMILES string of the molecule is COC(=O)c1cc(C(=O)NCCNC(=O)c2cn(-c3ccccc3)nc2C(F)(F)F)cnc1OCC(F)(F)F.O=C(NCCNC(=O)c1cn(-c2ccccc2)nc1C(F)(F)F)c1cnc(OCC(F)(F)F)c(Br)c1. The van der Waals surface area contributed by atoms with Crippen LogP contribution in [0.3, 0.4) is 0 Å². The summed E-state index contributed by atoms with van der Waals surface area (Å²) in [5.74, 6) is -5.87. The van der Waals surface area contributed by atoms with Gasteiger partial charge in [-0.1, -0.05) is 36.4 Å². The van der Waals surface area contributed by atoms with Crippen LogP contribution in [-0.4, -0.2) is 118 Å². The number of alkyl halides is 12. The van der Waals surface area contributed by atoms with Gasteiger partial charge in [-0.25, -0.2) is 24.1 Å². The van der Waals surface area contributed by atoms with Crippen molar-refractivity contribution in [1.29, 1.82) is 0 Å². The van der Waals surface area contributed by atoms with Gasteiger partial charge in [0.25, 0.3) is 23.6 Å². The molecule has 6 rings (SSSR count). The molecule has 0 unspecified atom stereocenters. The fourth-order valence-electron chi connectivity index (χ4n) is 5.93. The van der Waals surface area contributed by atoms with Crippen molar-refractivity contribution in [2.75, 3.05) is 46.5 Å². The van der Waals surface area contributed by atoms with Gasteiger partial charge in [0, 0.05) is 51.0 Å². The largest absolute Gasteiger partial charge is 0.467 e. The number of amides is 4. The summed E-state index contributed by atoms with van der Waals surface area (Å²) < 4.78 is 170. The fraction of sp³-hybridized carbons (Fsp3) is 0.250. The smallest absolute Gasteiger partial charge is 0.435 e. The van der Waals surface area contributed by atoms with E-state index < -0.39 is 101 Å². The number of methoxy groups -OCH3 is 1. The third kappa shape index (κ3) is 16.9.